The Kier molecular flexibility index (Phi) is 6.93. The molecule has 2 heteroatoms. The van der Waals surface area contributed by atoms with E-state index >= 15 is 0 Å². The van der Waals surface area contributed by atoms with Gasteiger partial charge in [-0.2, -0.15) is 0 Å². The summed E-state index contributed by atoms with van der Waals surface area (Å²) in [5.41, 5.74) is 0. The molecule has 0 bridgehead atoms. The molecule has 0 aromatic rings. The van der Waals surface area contributed by atoms with Crippen LogP contribution in [0.15, 0.2) is 12.2 Å². The summed E-state index contributed by atoms with van der Waals surface area (Å²) in [4.78, 5) is 10.4. The molecule has 0 saturated heterocycles. The molecule has 0 amide bonds. The van der Waals surface area contributed by atoms with Gasteiger partial charge in [0, 0.05) is 4.83 Å². The van der Waals surface area contributed by atoms with Gasteiger partial charge >= 0.3 is 0 Å². The van der Waals surface area contributed by atoms with Crippen LogP contribution in [-0.2, 0) is 4.79 Å². The fourth-order valence-electron chi connectivity index (χ4n) is 0.713. The van der Waals surface area contributed by atoms with Crippen LogP contribution >= 0.6 is 15.9 Å². The van der Waals surface area contributed by atoms with Gasteiger partial charge in [-0.1, -0.05) is 35.4 Å². The highest BCUT2D eigenvalue weighted by Crippen LogP contribution is 2.11. The summed E-state index contributed by atoms with van der Waals surface area (Å²) < 4.78 is 0. The van der Waals surface area contributed by atoms with Gasteiger partial charge in [-0.25, -0.2) is 0 Å². The lowest BCUT2D eigenvalue weighted by Crippen LogP contribution is -1.93. The standard InChI is InChI=1S/C8H13BrO/c1-2-5-8(9)6-3-4-7-10/h3-4,7-8H,2,5-6H2,1H3/b4-3+. The van der Waals surface area contributed by atoms with E-state index in [1.807, 2.05) is 6.08 Å². The third-order valence-electron chi connectivity index (χ3n) is 1.21. The van der Waals surface area contributed by atoms with Gasteiger partial charge in [0.25, 0.3) is 0 Å². The van der Waals surface area contributed by atoms with E-state index in [2.05, 4.69) is 22.9 Å². The van der Waals surface area contributed by atoms with Crippen molar-refractivity contribution in [1.82, 2.24) is 0 Å². The van der Waals surface area contributed by atoms with Crippen LogP contribution < -0.4 is 0 Å². The van der Waals surface area contributed by atoms with Crippen LogP contribution in [0.25, 0.3) is 0 Å². The fourth-order valence-corrected chi connectivity index (χ4v) is 1.39. The Morgan fingerprint density at radius 1 is 1.60 bits per heavy atom. The average molecular weight is 205 g/mol. The molecule has 1 atom stereocenters. The number of carbonyl (C=O) groups is 1. The smallest absolute Gasteiger partial charge is 0.142 e. The van der Waals surface area contributed by atoms with E-state index < -0.39 is 0 Å². The zero-order valence-corrected chi connectivity index (χ0v) is 7.80. The third-order valence-corrected chi connectivity index (χ3v) is 2.04. The first-order valence-corrected chi connectivity index (χ1v) is 4.47. The second-order valence-corrected chi connectivity index (χ2v) is 3.48. The Hall–Kier alpha value is -0.110. The highest BCUT2D eigenvalue weighted by atomic mass is 79.9. The molecule has 0 rings (SSSR count). The van der Waals surface area contributed by atoms with E-state index in [9.17, 15) is 4.79 Å². The summed E-state index contributed by atoms with van der Waals surface area (Å²) in [6, 6.07) is 0. The summed E-state index contributed by atoms with van der Waals surface area (Å²) in [6.07, 6.45) is 7.55. The normalized spacial score (nSPS) is 13.8. The molecule has 0 heterocycles. The molecule has 10 heavy (non-hydrogen) atoms. The minimum absolute atomic E-state index is 0.536. The number of hydrogen-bond donors (Lipinski definition) is 0. The summed E-state index contributed by atoms with van der Waals surface area (Å²) in [6.45, 7) is 2.15. The van der Waals surface area contributed by atoms with Gasteiger partial charge in [0.1, 0.15) is 6.29 Å². The fraction of sp³-hybridized carbons (Fsp3) is 0.625. The number of halogens is 1. The monoisotopic (exact) mass is 204 g/mol. The molecule has 1 unspecified atom stereocenters. The number of carbonyl (C=O) groups excluding carboxylic acids is 1. The van der Waals surface area contributed by atoms with Crippen LogP contribution in [0.2, 0.25) is 0 Å². The van der Waals surface area contributed by atoms with Gasteiger partial charge in [-0.05, 0) is 18.9 Å². The van der Waals surface area contributed by atoms with E-state index in [1.165, 1.54) is 12.8 Å². The Bertz CT molecular complexity index is 110. The Balaban J connectivity index is 3.28. The van der Waals surface area contributed by atoms with Crippen molar-refractivity contribution in [2.75, 3.05) is 0 Å². The molecule has 0 radical (unpaired) electrons. The van der Waals surface area contributed by atoms with Crippen molar-refractivity contribution in [2.45, 2.75) is 31.0 Å². The van der Waals surface area contributed by atoms with Gasteiger partial charge < -0.3 is 0 Å². The van der Waals surface area contributed by atoms with Crippen molar-refractivity contribution in [3.63, 3.8) is 0 Å². The van der Waals surface area contributed by atoms with Gasteiger partial charge in [-0.3, -0.25) is 4.79 Å². The van der Waals surface area contributed by atoms with E-state index in [0.717, 1.165) is 12.7 Å². The molecular weight excluding hydrogens is 192 g/mol. The number of allylic oxidation sites excluding steroid dienone is 2. The minimum atomic E-state index is 0.536. The Labute approximate surface area is 70.6 Å². The maximum absolute atomic E-state index is 9.84. The summed E-state index contributed by atoms with van der Waals surface area (Å²) in [7, 11) is 0. The quantitative estimate of drug-likeness (QED) is 0.383. The minimum Gasteiger partial charge on any atom is -0.299 e. The highest BCUT2D eigenvalue weighted by molar-refractivity contribution is 9.09. The maximum Gasteiger partial charge on any atom is 0.142 e. The van der Waals surface area contributed by atoms with Crippen LogP contribution in [0.3, 0.4) is 0 Å². The molecular formula is C8H13BrO. The first-order valence-electron chi connectivity index (χ1n) is 3.55. The van der Waals surface area contributed by atoms with E-state index in [4.69, 9.17) is 0 Å². The lowest BCUT2D eigenvalue weighted by atomic mass is 10.2. The van der Waals surface area contributed by atoms with Crippen LogP contribution in [-0.4, -0.2) is 11.1 Å². The Morgan fingerprint density at radius 3 is 2.80 bits per heavy atom. The predicted molar refractivity (Wildman–Crippen MR) is 47.4 cm³/mol. The molecule has 0 fully saturated rings. The second kappa shape index (κ2) is 7.00. The zero-order valence-electron chi connectivity index (χ0n) is 6.22. The van der Waals surface area contributed by atoms with Crippen molar-refractivity contribution in [3.8, 4) is 0 Å². The first kappa shape index (κ1) is 9.89. The highest BCUT2D eigenvalue weighted by Gasteiger charge is 1.97. The molecule has 0 saturated carbocycles. The van der Waals surface area contributed by atoms with Crippen LogP contribution in [0.1, 0.15) is 26.2 Å². The third kappa shape index (κ3) is 6.02. The maximum atomic E-state index is 9.84. The van der Waals surface area contributed by atoms with E-state index in [-0.39, 0.29) is 0 Å². The van der Waals surface area contributed by atoms with Gasteiger partial charge in [0.15, 0.2) is 0 Å². The Morgan fingerprint density at radius 2 is 2.30 bits per heavy atom. The van der Waals surface area contributed by atoms with Crippen molar-refractivity contribution in [3.05, 3.63) is 12.2 Å². The van der Waals surface area contributed by atoms with Crippen molar-refractivity contribution in [1.29, 1.82) is 0 Å². The zero-order chi connectivity index (χ0) is 7.82. The molecule has 0 aliphatic rings. The molecule has 0 aliphatic carbocycles. The average Bonchev–Trinajstić information content (AvgIpc) is 1.89. The van der Waals surface area contributed by atoms with Crippen LogP contribution in [0.4, 0.5) is 0 Å². The summed E-state index contributed by atoms with van der Waals surface area (Å²) in [5.74, 6) is 0. The van der Waals surface area contributed by atoms with Gasteiger partial charge in [0.05, 0.1) is 0 Å². The van der Waals surface area contributed by atoms with Crippen molar-refractivity contribution in [2.24, 2.45) is 0 Å². The largest absolute Gasteiger partial charge is 0.299 e. The lowest BCUT2D eigenvalue weighted by Gasteiger charge is -2.01. The van der Waals surface area contributed by atoms with Gasteiger partial charge in [-0.15, -0.1) is 0 Å². The second-order valence-electron chi connectivity index (χ2n) is 2.19. The van der Waals surface area contributed by atoms with Crippen LogP contribution in [0.5, 0.6) is 0 Å². The first-order chi connectivity index (χ1) is 4.81. The molecule has 0 N–H and O–H groups in total. The lowest BCUT2D eigenvalue weighted by molar-refractivity contribution is -0.104. The number of alkyl halides is 1. The summed E-state index contributed by atoms with van der Waals surface area (Å²) >= 11 is 3.50. The van der Waals surface area contributed by atoms with Crippen LogP contribution in [0, 0.1) is 0 Å². The van der Waals surface area contributed by atoms with E-state index in [0.29, 0.717) is 4.83 Å². The summed E-state index contributed by atoms with van der Waals surface area (Å²) in [5, 5.41) is 0. The number of hydrogen-bond acceptors (Lipinski definition) is 1. The van der Waals surface area contributed by atoms with E-state index in [1.54, 1.807) is 6.08 Å². The predicted octanol–water partition coefficient (Wildman–Crippen LogP) is 2.70. The number of aldehydes is 1. The molecule has 0 aromatic heterocycles. The molecule has 58 valence electrons. The topological polar surface area (TPSA) is 17.1 Å². The molecule has 0 spiro atoms. The number of rotatable bonds is 5. The molecule has 0 aliphatic heterocycles. The van der Waals surface area contributed by atoms with Crippen molar-refractivity contribution < 1.29 is 4.79 Å². The van der Waals surface area contributed by atoms with Gasteiger partial charge in [0.2, 0.25) is 0 Å². The molecule has 0 aromatic carbocycles. The molecule has 1 nitrogen and oxygen atoms in total. The SMILES string of the molecule is CCCC(Br)C/C=C/C=O. The van der Waals surface area contributed by atoms with Crippen molar-refractivity contribution >= 4 is 22.2 Å².